The van der Waals surface area contributed by atoms with Crippen molar-refractivity contribution in [1.82, 2.24) is 0 Å². The number of hydrogen-bond acceptors (Lipinski definition) is 4. The highest BCUT2D eigenvalue weighted by Crippen LogP contribution is 2.26. The third-order valence-corrected chi connectivity index (χ3v) is 2.73. The van der Waals surface area contributed by atoms with Gasteiger partial charge in [-0.3, -0.25) is 4.79 Å². The van der Waals surface area contributed by atoms with Crippen molar-refractivity contribution in [3.63, 3.8) is 0 Å². The number of carbonyl (C=O) groups excluding carboxylic acids is 1. The van der Waals surface area contributed by atoms with Crippen LogP contribution in [0.1, 0.15) is 13.8 Å². The largest absolute Gasteiger partial charge is 0.497 e. The van der Waals surface area contributed by atoms with Crippen molar-refractivity contribution in [1.29, 1.82) is 0 Å². The molecule has 1 rings (SSSR count). The first-order valence-electron chi connectivity index (χ1n) is 5.26. The van der Waals surface area contributed by atoms with Gasteiger partial charge in [-0.05, 0) is 0 Å². The zero-order valence-electron chi connectivity index (χ0n) is 10.4. The third kappa shape index (κ3) is 4.56. The van der Waals surface area contributed by atoms with Gasteiger partial charge in [0.05, 0.1) is 14.2 Å². The molecule has 0 heterocycles. The summed E-state index contributed by atoms with van der Waals surface area (Å²) in [6, 6.07) is 5.26. The standard InChI is InChI=1S/C12H17NO3S/c1-8(2)17-12(14)13-9-5-10(15-3)7-11(6-9)16-4/h5-8H,1-4H3,(H,13,14). The molecule has 1 N–H and O–H groups in total. The minimum Gasteiger partial charge on any atom is -0.497 e. The number of methoxy groups -OCH3 is 2. The molecule has 1 aromatic rings. The number of nitrogens with one attached hydrogen (secondary N) is 1. The van der Waals surface area contributed by atoms with Crippen LogP contribution in [0.3, 0.4) is 0 Å². The number of hydrogen-bond donors (Lipinski definition) is 1. The Balaban J connectivity index is 2.79. The second kappa shape index (κ2) is 6.39. The average Bonchev–Trinajstić information content (AvgIpc) is 2.27. The lowest BCUT2D eigenvalue weighted by Crippen LogP contribution is -2.08. The van der Waals surface area contributed by atoms with Gasteiger partial charge >= 0.3 is 0 Å². The topological polar surface area (TPSA) is 47.6 Å². The van der Waals surface area contributed by atoms with Gasteiger partial charge in [0.1, 0.15) is 11.5 Å². The van der Waals surface area contributed by atoms with Crippen LogP contribution in [0.2, 0.25) is 0 Å². The Morgan fingerprint density at radius 1 is 1.18 bits per heavy atom. The summed E-state index contributed by atoms with van der Waals surface area (Å²) in [5.74, 6) is 1.29. The Bertz CT molecular complexity index is 371. The SMILES string of the molecule is COc1cc(NC(=O)SC(C)C)cc(OC)c1. The van der Waals surface area contributed by atoms with E-state index in [1.165, 1.54) is 11.8 Å². The van der Waals surface area contributed by atoms with E-state index in [9.17, 15) is 4.79 Å². The summed E-state index contributed by atoms with van der Waals surface area (Å²) < 4.78 is 10.2. The predicted octanol–water partition coefficient (Wildman–Crippen LogP) is 3.38. The summed E-state index contributed by atoms with van der Waals surface area (Å²) in [6.45, 7) is 3.94. The van der Waals surface area contributed by atoms with Crippen molar-refractivity contribution in [2.24, 2.45) is 0 Å². The number of carbonyl (C=O) groups is 1. The minimum atomic E-state index is -0.0877. The van der Waals surface area contributed by atoms with Crippen molar-refractivity contribution in [2.75, 3.05) is 19.5 Å². The first-order valence-corrected chi connectivity index (χ1v) is 6.14. The van der Waals surface area contributed by atoms with E-state index in [0.29, 0.717) is 17.2 Å². The molecule has 0 radical (unpaired) electrons. The van der Waals surface area contributed by atoms with Gasteiger partial charge < -0.3 is 14.8 Å². The molecule has 0 fully saturated rings. The van der Waals surface area contributed by atoms with Gasteiger partial charge in [0.25, 0.3) is 5.24 Å². The quantitative estimate of drug-likeness (QED) is 0.896. The van der Waals surface area contributed by atoms with Crippen LogP contribution >= 0.6 is 11.8 Å². The molecule has 1 aromatic carbocycles. The molecule has 0 aliphatic rings. The molecule has 0 spiro atoms. The van der Waals surface area contributed by atoms with Crippen LogP contribution < -0.4 is 14.8 Å². The Kier molecular flexibility index (Phi) is 5.15. The van der Waals surface area contributed by atoms with Crippen LogP contribution in [0.5, 0.6) is 11.5 Å². The summed E-state index contributed by atoms with van der Waals surface area (Å²) in [5, 5.41) is 2.95. The van der Waals surface area contributed by atoms with E-state index < -0.39 is 0 Å². The predicted molar refractivity (Wildman–Crippen MR) is 71.3 cm³/mol. The smallest absolute Gasteiger partial charge is 0.283 e. The summed E-state index contributed by atoms with van der Waals surface area (Å²) in [6.07, 6.45) is 0. The number of amides is 1. The highest BCUT2D eigenvalue weighted by Gasteiger charge is 2.08. The second-order valence-corrected chi connectivity index (χ2v) is 5.23. The fourth-order valence-corrected chi connectivity index (χ4v) is 1.85. The summed E-state index contributed by atoms with van der Waals surface area (Å²) in [5.41, 5.74) is 0.666. The second-order valence-electron chi connectivity index (χ2n) is 3.68. The van der Waals surface area contributed by atoms with Crippen molar-refractivity contribution in [2.45, 2.75) is 19.1 Å². The molecule has 0 bridgehead atoms. The lowest BCUT2D eigenvalue weighted by atomic mass is 10.3. The van der Waals surface area contributed by atoms with Gasteiger partial charge in [-0.15, -0.1) is 0 Å². The molecule has 0 aromatic heterocycles. The van der Waals surface area contributed by atoms with Gasteiger partial charge in [0, 0.05) is 29.1 Å². The maximum Gasteiger partial charge on any atom is 0.283 e. The molecule has 17 heavy (non-hydrogen) atoms. The Labute approximate surface area is 106 Å². The van der Waals surface area contributed by atoms with E-state index in [4.69, 9.17) is 9.47 Å². The van der Waals surface area contributed by atoms with E-state index in [2.05, 4.69) is 5.32 Å². The van der Waals surface area contributed by atoms with E-state index >= 15 is 0 Å². The molecule has 0 unspecified atom stereocenters. The number of thioether (sulfide) groups is 1. The molecule has 0 aliphatic heterocycles. The van der Waals surface area contributed by atoms with Gasteiger partial charge in [0.15, 0.2) is 0 Å². The van der Waals surface area contributed by atoms with Gasteiger partial charge in [-0.2, -0.15) is 0 Å². The number of ether oxygens (including phenoxy) is 2. The van der Waals surface area contributed by atoms with Crippen LogP contribution in [0, 0.1) is 0 Å². The lowest BCUT2D eigenvalue weighted by Gasteiger charge is -2.10. The third-order valence-electron chi connectivity index (χ3n) is 1.94. The van der Waals surface area contributed by atoms with Gasteiger partial charge in [-0.25, -0.2) is 0 Å². The fraction of sp³-hybridized carbons (Fsp3) is 0.417. The molecular weight excluding hydrogens is 238 g/mol. The van der Waals surface area contributed by atoms with Crippen LogP contribution in [0.4, 0.5) is 10.5 Å². The maximum absolute atomic E-state index is 11.6. The van der Waals surface area contributed by atoms with E-state index in [-0.39, 0.29) is 10.5 Å². The van der Waals surface area contributed by atoms with Crippen molar-refractivity contribution in [3.05, 3.63) is 18.2 Å². The van der Waals surface area contributed by atoms with E-state index in [1.807, 2.05) is 13.8 Å². The summed E-state index contributed by atoms with van der Waals surface area (Å²) >= 11 is 1.24. The van der Waals surface area contributed by atoms with Crippen molar-refractivity contribution >= 4 is 22.7 Å². The number of anilines is 1. The number of rotatable bonds is 4. The molecule has 0 saturated heterocycles. The first kappa shape index (κ1) is 13.7. The van der Waals surface area contributed by atoms with Crippen LogP contribution in [0.25, 0.3) is 0 Å². The molecule has 0 saturated carbocycles. The molecule has 94 valence electrons. The molecule has 4 nitrogen and oxygen atoms in total. The highest BCUT2D eigenvalue weighted by molar-refractivity contribution is 8.14. The van der Waals surface area contributed by atoms with Gasteiger partial charge in [0.2, 0.25) is 0 Å². The van der Waals surface area contributed by atoms with Crippen LogP contribution in [0.15, 0.2) is 18.2 Å². The van der Waals surface area contributed by atoms with E-state index in [1.54, 1.807) is 32.4 Å². The lowest BCUT2D eigenvalue weighted by molar-refractivity contribution is 0.269. The molecule has 1 amide bonds. The fourth-order valence-electron chi connectivity index (χ4n) is 1.24. The summed E-state index contributed by atoms with van der Waals surface area (Å²) in [4.78, 5) is 11.6. The van der Waals surface area contributed by atoms with Crippen molar-refractivity contribution in [3.8, 4) is 11.5 Å². The van der Waals surface area contributed by atoms with E-state index in [0.717, 1.165) is 0 Å². The monoisotopic (exact) mass is 255 g/mol. The molecule has 5 heteroatoms. The zero-order chi connectivity index (χ0) is 12.8. The summed E-state index contributed by atoms with van der Waals surface area (Å²) in [7, 11) is 3.15. The Morgan fingerprint density at radius 3 is 2.12 bits per heavy atom. The van der Waals surface area contributed by atoms with Crippen molar-refractivity contribution < 1.29 is 14.3 Å². The molecule has 0 aliphatic carbocycles. The zero-order valence-corrected chi connectivity index (χ0v) is 11.3. The molecule has 0 atom stereocenters. The van der Waals surface area contributed by atoms with Gasteiger partial charge in [-0.1, -0.05) is 25.6 Å². The molecular formula is C12H17NO3S. The van der Waals surface area contributed by atoms with Crippen LogP contribution in [-0.2, 0) is 0 Å². The number of benzene rings is 1. The first-order chi connectivity index (χ1) is 8.05. The highest BCUT2D eigenvalue weighted by atomic mass is 32.2. The maximum atomic E-state index is 11.6. The van der Waals surface area contributed by atoms with Crippen LogP contribution in [-0.4, -0.2) is 24.7 Å². The normalized spacial score (nSPS) is 10.2. The Hall–Kier alpha value is -1.36. The average molecular weight is 255 g/mol. The Morgan fingerprint density at radius 2 is 1.71 bits per heavy atom. The minimum absolute atomic E-state index is 0.0877.